The highest BCUT2D eigenvalue weighted by Gasteiger charge is 2.19. The van der Waals surface area contributed by atoms with Crippen molar-refractivity contribution < 1.29 is 4.79 Å². The van der Waals surface area contributed by atoms with Crippen molar-refractivity contribution in [2.24, 2.45) is 10.8 Å². The summed E-state index contributed by atoms with van der Waals surface area (Å²) in [6.45, 7) is 3.99. The molecule has 0 bridgehead atoms. The normalized spacial score (nSPS) is 11.9. The number of fused-ring (bicyclic) bond motifs is 1. The number of halogens is 1. The van der Waals surface area contributed by atoms with Crippen LogP contribution in [0.15, 0.2) is 69.9 Å². The quantitative estimate of drug-likeness (QED) is 0.361. The van der Waals surface area contributed by atoms with Crippen molar-refractivity contribution in [2.75, 3.05) is 0 Å². The van der Waals surface area contributed by atoms with Gasteiger partial charge in [0.1, 0.15) is 10.7 Å². The minimum atomic E-state index is -0.572. The third kappa shape index (κ3) is 4.34. The lowest BCUT2D eigenvalue weighted by molar-refractivity contribution is 0.100. The van der Waals surface area contributed by atoms with Gasteiger partial charge in [0.25, 0.3) is 11.5 Å². The van der Waals surface area contributed by atoms with Gasteiger partial charge in [-0.15, -0.1) is 27.8 Å². The molecule has 2 aromatic carbocycles. The highest BCUT2D eigenvalue weighted by atomic mass is 35.5. The van der Waals surface area contributed by atoms with E-state index in [0.29, 0.717) is 42.9 Å². The predicted octanol–water partition coefficient (Wildman–Crippen LogP) is 4.77. The zero-order valence-corrected chi connectivity index (χ0v) is 21.2. The standard InChI is InChI=1S/C25H20ClN5O2S2/c1-14-20-23(35-21(14)22(27)32)28-15(2)31(24(20)33)29-25-30(12-16-6-4-3-5-7-16)19(13-34-25)17-8-10-18(26)11-9-17/h3-11,13H,12H2,1-2H3,(H2,27,32)/b29-25-. The van der Waals surface area contributed by atoms with E-state index in [4.69, 9.17) is 22.4 Å². The van der Waals surface area contributed by atoms with E-state index < -0.39 is 5.91 Å². The Kier molecular flexibility index (Phi) is 6.14. The van der Waals surface area contributed by atoms with Gasteiger partial charge in [-0.1, -0.05) is 54.1 Å². The van der Waals surface area contributed by atoms with Crippen LogP contribution < -0.4 is 16.1 Å². The zero-order chi connectivity index (χ0) is 24.7. The second-order valence-corrected chi connectivity index (χ2v) is 10.2. The van der Waals surface area contributed by atoms with E-state index in [9.17, 15) is 9.59 Å². The molecule has 0 atom stereocenters. The number of thiazole rings is 1. The number of amides is 1. The van der Waals surface area contributed by atoms with Crippen LogP contribution in [0.1, 0.15) is 26.6 Å². The first-order chi connectivity index (χ1) is 16.8. The van der Waals surface area contributed by atoms with Crippen LogP contribution in [-0.4, -0.2) is 20.1 Å². The Morgan fingerprint density at radius 1 is 1.11 bits per heavy atom. The van der Waals surface area contributed by atoms with Gasteiger partial charge in [0, 0.05) is 10.4 Å². The molecule has 0 unspecified atom stereocenters. The van der Waals surface area contributed by atoms with Gasteiger partial charge in [0.15, 0.2) is 0 Å². The minimum absolute atomic E-state index is 0.332. The summed E-state index contributed by atoms with van der Waals surface area (Å²) in [5.74, 6) is -0.148. The first-order valence-electron chi connectivity index (χ1n) is 10.7. The molecule has 7 nitrogen and oxygen atoms in total. The second-order valence-electron chi connectivity index (χ2n) is 7.96. The number of rotatable bonds is 5. The number of hydrogen-bond donors (Lipinski definition) is 1. The molecule has 5 rings (SSSR count). The lowest BCUT2D eigenvalue weighted by Gasteiger charge is -2.10. The topological polar surface area (TPSA) is 95.3 Å². The SMILES string of the molecule is Cc1c(C(N)=O)sc2nc(C)n(/N=c3\scc(-c4ccc(Cl)cc4)n3Cc3ccccc3)c(=O)c12. The fourth-order valence-corrected chi connectivity index (χ4v) is 5.99. The zero-order valence-electron chi connectivity index (χ0n) is 18.9. The first-order valence-corrected chi connectivity index (χ1v) is 12.8. The fraction of sp³-hybridized carbons (Fsp3) is 0.120. The average Bonchev–Trinajstić information content (AvgIpc) is 3.38. The molecule has 5 aromatic rings. The maximum Gasteiger partial charge on any atom is 0.283 e. The summed E-state index contributed by atoms with van der Waals surface area (Å²) in [7, 11) is 0. The Morgan fingerprint density at radius 2 is 1.83 bits per heavy atom. The smallest absolute Gasteiger partial charge is 0.283 e. The van der Waals surface area contributed by atoms with E-state index in [0.717, 1.165) is 28.2 Å². The molecule has 0 saturated carbocycles. The van der Waals surface area contributed by atoms with Crippen LogP contribution in [0, 0.1) is 13.8 Å². The van der Waals surface area contributed by atoms with E-state index in [-0.39, 0.29) is 5.56 Å². The van der Waals surface area contributed by atoms with Crippen molar-refractivity contribution in [1.29, 1.82) is 0 Å². The second kappa shape index (κ2) is 9.26. The third-order valence-electron chi connectivity index (χ3n) is 5.63. The van der Waals surface area contributed by atoms with Gasteiger partial charge in [-0.3, -0.25) is 9.59 Å². The van der Waals surface area contributed by atoms with Crippen molar-refractivity contribution in [3.8, 4) is 11.3 Å². The molecule has 35 heavy (non-hydrogen) atoms. The number of benzene rings is 2. The van der Waals surface area contributed by atoms with Crippen molar-refractivity contribution in [3.05, 3.63) is 102 Å². The summed E-state index contributed by atoms with van der Waals surface area (Å²) >= 11 is 8.66. The van der Waals surface area contributed by atoms with Crippen LogP contribution in [0.5, 0.6) is 0 Å². The molecule has 0 aliphatic heterocycles. The van der Waals surface area contributed by atoms with Crippen LogP contribution in [0.4, 0.5) is 0 Å². The number of hydrogen-bond acceptors (Lipinski definition) is 6. The van der Waals surface area contributed by atoms with Crippen LogP contribution in [0.2, 0.25) is 5.02 Å². The molecule has 3 heterocycles. The number of carbonyl (C=O) groups excluding carboxylic acids is 1. The summed E-state index contributed by atoms with van der Waals surface area (Å²) < 4.78 is 3.36. The molecule has 2 N–H and O–H groups in total. The maximum absolute atomic E-state index is 13.5. The fourth-order valence-electron chi connectivity index (χ4n) is 3.89. The molecule has 0 aliphatic carbocycles. The molecule has 1 amide bonds. The lowest BCUT2D eigenvalue weighted by atomic mass is 10.1. The van der Waals surface area contributed by atoms with Crippen molar-refractivity contribution in [3.63, 3.8) is 0 Å². The van der Waals surface area contributed by atoms with Crippen LogP contribution in [0.3, 0.4) is 0 Å². The van der Waals surface area contributed by atoms with E-state index >= 15 is 0 Å². The molecule has 0 fully saturated rings. The van der Waals surface area contributed by atoms with Gasteiger partial charge >= 0.3 is 0 Å². The number of nitrogens with zero attached hydrogens (tertiary/aromatic N) is 4. The number of nitrogens with two attached hydrogens (primary N) is 1. The van der Waals surface area contributed by atoms with Crippen molar-refractivity contribution in [1.82, 2.24) is 14.2 Å². The van der Waals surface area contributed by atoms with Crippen molar-refractivity contribution in [2.45, 2.75) is 20.4 Å². The van der Waals surface area contributed by atoms with Crippen LogP contribution >= 0.6 is 34.3 Å². The third-order valence-corrected chi connectivity index (χ3v) is 7.94. The number of aryl methyl sites for hydroxylation is 2. The predicted molar refractivity (Wildman–Crippen MR) is 141 cm³/mol. The van der Waals surface area contributed by atoms with Crippen LogP contribution in [0.25, 0.3) is 21.5 Å². The largest absolute Gasteiger partial charge is 0.365 e. The molecular formula is C25H20ClN5O2S2. The lowest BCUT2D eigenvalue weighted by Crippen LogP contribution is -2.26. The molecular weight excluding hydrogens is 502 g/mol. The van der Waals surface area contributed by atoms with Gasteiger partial charge in [0.2, 0.25) is 4.80 Å². The number of aromatic nitrogens is 3. The summed E-state index contributed by atoms with van der Waals surface area (Å²) in [6, 6.07) is 17.7. The van der Waals surface area contributed by atoms with Gasteiger partial charge in [-0.25, -0.2) is 4.98 Å². The Labute approximate surface area is 213 Å². The van der Waals surface area contributed by atoms with Gasteiger partial charge in [0.05, 0.1) is 22.5 Å². The Hall–Kier alpha value is -3.53. The van der Waals surface area contributed by atoms with Gasteiger partial charge in [-0.05, 0) is 42.7 Å². The summed E-state index contributed by atoms with van der Waals surface area (Å²) in [6.07, 6.45) is 0. The molecule has 3 aromatic heterocycles. The van der Waals surface area contributed by atoms with Crippen molar-refractivity contribution >= 4 is 50.4 Å². The molecule has 0 spiro atoms. The summed E-state index contributed by atoms with van der Waals surface area (Å²) in [5, 5.41) is 7.77. The Morgan fingerprint density at radius 3 is 2.51 bits per heavy atom. The highest BCUT2D eigenvalue weighted by molar-refractivity contribution is 7.20. The molecule has 0 saturated heterocycles. The highest BCUT2D eigenvalue weighted by Crippen LogP contribution is 2.27. The molecule has 0 aliphatic rings. The Bertz CT molecular complexity index is 1700. The number of thiophene rings is 1. The van der Waals surface area contributed by atoms with E-state index in [1.807, 2.05) is 60.0 Å². The average molecular weight is 522 g/mol. The van der Waals surface area contributed by atoms with E-state index in [1.54, 1.807) is 13.8 Å². The monoisotopic (exact) mass is 521 g/mol. The van der Waals surface area contributed by atoms with E-state index in [1.165, 1.54) is 16.0 Å². The van der Waals surface area contributed by atoms with E-state index in [2.05, 4.69) is 9.55 Å². The Balaban J connectivity index is 1.74. The molecule has 10 heteroatoms. The first kappa shape index (κ1) is 23.2. The minimum Gasteiger partial charge on any atom is -0.365 e. The van der Waals surface area contributed by atoms with Crippen LogP contribution in [-0.2, 0) is 6.54 Å². The number of carbonyl (C=O) groups is 1. The van der Waals surface area contributed by atoms with Gasteiger partial charge < -0.3 is 10.3 Å². The molecule has 0 radical (unpaired) electrons. The summed E-state index contributed by atoms with van der Waals surface area (Å²) in [4.78, 5) is 31.3. The maximum atomic E-state index is 13.5. The summed E-state index contributed by atoms with van der Waals surface area (Å²) in [5.41, 5.74) is 8.73. The molecule has 176 valence electrons. The number of primary amides is 1. The van der Waals surface area contributed by atoms with Gasteiger partial charge in [-0.2, -0.15) is 4.68 Å².